The molecule has 0 radical (unpaired) electrons. The number of halogens is 2. The highest BCUT2D eigenvalue weighted by atomic mass is 35.5. The first-order valence-corrected chi connectivity index (χ1v) is 6.40. The lowest BCUT2D eigenvalue weighted by Gasteiger charge is -2.04. The van der Waals surface area contributed by atoms with Gasteiger partial charge in [0.1, 0.15) is 11.3 Å². The minimum atomic E-state index is -0.391. The van der Waals surface area contributed by atoms with Crippen LogP contribution in [0.15, 0.2) is 30.6 Å². The fourth-order valence-corrected chi connectivity index (χ4v) is 2.07. The van der Waals surface area contributed by atoms with Crippen molar-refractivity contribution in [2.45, 2.75) is 6.42 Å². The van der Waals surface area contributed by atoms with Gasteiger partial charge in [0.05, 0.1) is 12.7 Å². The highest BCUT2D eigenvalue weighted by Gasteiger charge is 2.11. The molecule has 0 bridgehead atoms. The third-order valence-corrected chi connectivity index (χ3v) is 3.02. The van der Waals surface area contributed by atoms with E-state index >= 15 is 0 Å². The zero-order valence-electron chi connectivity index (χ0n) is 10.6. The van der Waals surface area contributed by atoms with Gasteiger partial charge in [-0.3, -0.25) is 10.1 Å². The standard InChI is InChI=1S/C13H9ClFN5O/c14-11-10-12(17-6-16-10)20-13(19-11)18-9(21)5-7-2-1-3-8(15)4-7/h1-4,6H,5H2,(H2,16,17,18,19,20,21). The predicted octanol–water partition coefficient (Wildman–Crippen LogP) is 2.33. The number of H-pyrrole nitrogens is 1. The first-order chi connectivity index (χ1) is 10.1. The van der Waals surface area contributed by atoms with Crippen LogP contribution in [0.3, 0.4) is 0 Å². The second-order valence-electron chi connectivity index (χ2n) is 4.29. The molecule has 0 unspecified atom stereocenters. The number of imidazole rings is 1. The molecule has 106 valence electrons. The van der Waals surface area contributed by atoms with E-state index in [4.69, 9.17) is 11.6 Å². The molecule has 3 rings (SSSR count). The topological polar surface area (TPSA) is 83.6 Å². The van der Waals surface area contributed by atoms with Gasteiger partial charge in [-0.2, -0.15) is 9.97 Å². The van der Waals surface area contributed by atoms with E-state index in [1.165, 1.54) is 18.5 Å². The van der Waals surface area contributed by atoms with E-state index in [0.717, 1.165) is 0 Å². The quantitative estimate of drug-likeness (QED) is 0.727. The van der Waals surface area contributed by atoms with Crippen molar-refractivity contribution in [1.29, 1.82) is 0 Å². The lowest BCUT2D eigenvalue weighted by Crippen LogP contribution is -2.16. The minimum absolute atomic E-state index is 0.0113. The van der Waals surface area contributed by atoms with Gasteiger partial charge in [-0.15, -0.1) is 0 Å². The molecule has 6 nitrogen and oxygen atoms in total. The van der Waals surface area contributed by atoms with Crippen molar-refractivity contribution in [3.63, 3.8) is 0 Å². The van der Waals surface area contributed by atoms with Crippen molar-refractivity contribution in [3.8, 4) is 0 Å². The van der Waals surface area contributed by atoms with Gasteiger partial charge in [-0.25, -0.2) is 9.37 Å². The number of anilines is 1. The van der Waals surface area contributed by atoms with Crippen LogP contribution in [0.4, 0.5) is 10.3 Å². The highest BCUT2D eigenvalue weighted by molar-refractivity contribution is 6.33. The summed E-state index contributed by atoms with van der Waals surface area (Å²) < 4.78 is 13.1. The number of fused-ring (bicyclic) bond motifs is 1. The molecule has 0 fully saturated rings. The maximum atomic E-state index is 13.1. The lowest BCUT2D eigenvalue weighted by molar-refractivity contribution is -0.115. The highest BCUT2D eigenvalue weighted by Crippen LogP contribution is 2.18. The number of carbonyl (C=O) groups excluding carboxylic acids is 1. The van der Waals surface area contributed by atoms with Crippen LogP contribution in [0, 0.1) is 5.82 Å². The van der Waals surface area contributed by atoms with E-state index in [1.807, 2.05) is 0 Å². The third kappa shape index (κ3) is 2.97. The molecule has 0 spiro atoms. The van der Waals surface area contributed by atoms with Crippen molar-refractivity contribution in [3.05, 3.63) is 47.1 Å². The predicted molar refractivity (Wildman–Crippen MR) is 75.4 cm³/mol. The molecule has 2 heterocycles. The lowest BCUT2D eigenvalue weighted by atomic mass is 10.1. The number of aromatic nitrogens is 4. The van der Waals surface area contributed by atoms with Crippen LogP contribution in [0.2, 0.25) is 5.15 Å². The average Bonchev–Trinajstić information content (AvgIpc) is 2.87. The Labute approximate surface area is 123 Å². The first-order valence-electron chi connectivity index (χ1n) is 6.03. The molecule has 21 heavy (non-hydrogen) atoms. The zero-order valence-corrected chi connectivity index (χ0v) is 11.4. The van der Waals surface area contributed by atoms with E-state index < -0.39 is 5.82 Å². The van der Waals surface area contributed by atoms with E-state index in [0.29, 0.717) is 16.7 Å². The molecule has 0 saturated carbocycles. The number of amides is 1. The number of hydrogen-bond donors (Lipinski definition) is 2. The van der Waals surface area contributed by atoms with E-state index in [2.05, 4.69) is 25.3 Å². The number of nitrogens with one attached hydrogen (secondary N) is 2. The van der Waals surface area contributed by atoms with E-state index in [-0.39, 0.29) is 23.4 Å². The molecule has 1 aromatic carbocycles. The maximum Gasteiger partial charge on any atom is 0.233 e. The summed E-state index contributed by atoms with van der Waals surface area (Å²) in [6.45, 7) is 0. The Kier molecular flexibility index (Phi) is 3.49. The summed E-state index contributed by atoms with van der Waals surface area (Å²) in [5, 5.41) is 2.68. The summed E-state index contributed by atoms with van der Waals surface area (Å²) in [5.41, 5.74) is 1.41. The Morgan fingerprint density at radius 1 is 1.38 bits per heavy atom. The average molecular weight is 306 g/mol. The maximum absolute atomic E-state index is 13.1. The normalized spacial score (nSPS) is 10.8. The summed E-state index contributed by atoms with van der Waals surface area (Å²) in [6.07, 6.45) is 1.45. The molecule has 2 aromatic heterocycles. The molecular formula is C13H9ClFN5O. The summed E-state index contributed by atoms with van der Waals surface area (Å²) in [7, 11) is 0. The molecule has 0 aliphatic rings. The monoisotopic (exact) mass is 305 g/mol. The van der Waals surface area contributed by atoms with Gasteiger partial charge >= 0.3 is 0 Å². The Hall–Kier alpha value is -2.54. The van der Waals surface area contributed by atoms with Crippen LogP contribution in [0.25, 0.3) is 11.2 Å². The van der Waals surface area contributed by atoms with Crippen molar-refractivity contribution < 1.29 is 9.18 Å². The summed E-state index contributed by atoms with van der Waals surface area (Å²) >= 11 is 5.94. The van der Waals surface area contributed by atoms with Gasteiger partial charge in [0, 0.05) is 0 Å². The van der Waals surface area contributed by atoms with Crippen LogP contribution >= 0.6 is 11.6 Å². The van der Waals surface area contributed by atoms with Gasteiger partial charge in [0.25, 0.3) is 0 Å². The number of benzene rings is 1. The van der Waals surface area contributed by atoms with Crippen molar-refractivity contribution in [2.24, 2.45) is 0 Å². The molecule has 0 aliphatic heterocycles. The van der Waals surface area contributed by atoms with Crippen molar-refractivity contribution in [2.75, 3.05) is 5.32 Å². The molecule has 0 atom stereocenters. The second-order valence-corrected chi connectivity index (χ2v) is 4.65. The van der Waals surface area contributed by atoms with Crippen LogP contribution in [-0.4, -0.2) is 25.8 Å². The molecular weight excluding hydrogens is 297 g/mol. The van der Waals surface area contributed by atoms with Crippen LogP contribution in [-0.2, 0) is 11.2 Å². The van der Waals surface area contributed by atoms with Crippen molar-refractivity contribution in [1.82, 2.24) is 19.9 Å². The molecule has 3 aromatic rings. The number of carbonyl (C=O) groups is 1. The van der Waals surface area contributed by atoms with E-state index in [9.17, 15) is 9.18 Å². The summed E-state index contributed by atoms with van der Waals surface area (Å²) in [6, 6.07) is 5.81. The first kappa shape index (κ1) is 13.4. The largest absolute Gasteiger partial charge is 0.341 e. The summed E-state index contributed by atoms with van der Waals surface area (Å²) in [4.78, 5) is 26.6. The molecule has 8 heteroatoms. The fourth-order valence-electron chi connectivity index (χ4n) is 1.85. The minimum Gasteiger partial charge on any atom is -0.341 e. The second kappa shape index (κ2) is 5.45. The summed E-state index contributed by atoms with van der Waals surface area (Å²) in [5.74, 6) is -0.704. The number of nitrogens with zero attached hydrogens (tertiary/aromatic N) is 3. The Balaban J connectivity index is 1.77. The number of hydrogen-bond acceptors (Lipinski definition) is 4. The Morgan fingerprint density at radius 2 is 2.24 bits per heavy atom. The van der Waals surface area contributed by atoms with Crippen LogP contribution in [0.5, 0.6) is 0 Å². The van der Waals surface area contributed by atoms with Gasteiger partial charge in [-0.1, -0.05) is 23.7 Å². The number of rotatable bonds is 3. The molecule has 2 N–H and O–H groups in total. The SMILES string of the molecule is O=C(Cc1cccc(F)c1)Nc1nc(Cl)c2[nH]cnc2n1. The third-order valence-electron chi connectivity index (χ3n) is 2.75. The Bertz CT molecular complexity index is 819. The number of aromatic amines is 1. The fraction of sp³-hybridized carbons (Fsp3) is 0.0769. The van der Waals surface area contributed by atoms with Gasteiger partial charge < -0.3 is 4.98 Å². The van der Waals surface area contributed by atoms with Crippen LogP contribution < -0.4 is 5.32 Å². The molecule has 1 amide bonds. The van der Waals surface area contributed by atoms with Crippen molar-refractivity contribution >= 4 is 34.6 Å². The van der Waals surface area contributed by atoms with Gasteiger partial charge in [0.15, 0.2) is 10.8 Å². The van der Waals surface area contributed by atoms with E-state index in [1.54, 1.807) is 12.1 Å². The molecule has 0 aliphatic carbocycles. The van der Waals surface area contributed by atoms with Gasteiger partial charge in [0.2, 0.25) is 11.9 Å². The van der Waals surface area contributed by atoms with Gasteiger partial charge in [-0.05, 0) is 17.7 Å². The Morgan fingerprint density at radius 3 is 3.05 bits per heavy atom. The molecule has 0 saturated heterocycles. The smallest absolute Gasteiger partial charge is 0.233 e. The zero-order chi connectivity index (χ0) is 14.8. The van der Waals surface area contributed by atoms with Crippen LogP contribution in [0.1, 0.15) is 5.56 Å².